The zero-order valence-electron chi connectivity index (χ0n) is 14.9. The highest BCUT2D eigenvalue weighted by molar-refractivity contribution is 5.87. The van der Waals surface area contributed by atoms with Crippen LogP contribution < -0.4 is 0 Å². The molecule has 0 bridgehead atoms. The standard InChI is InChI=1S/C20H25N3O2/c1-14(2)19-21-10-15(11-22-19)12-23-9-3-4-18(13-23)16-5-7-17(8-6-16)20(24)25/h5-8,10-11,14,18H,3-4,9,12-13H2,1-2H3,(H,24,25)/t18-/m1/s1. The number of carbonyl (C=O) groups is 1. The highest BCUT2D eigenvalue weighted by Crippen LogP contribution is 2.28. The van der Waals surface area contributed by atoms with Crippen molar-refractivity contribution in [3.05, 3.63) is 59.2 Å². The molecule has 1 saturated heterocycles. The predicted molar refractivity (Wildman–Crippen MR) is 96.8 cm³/mol. The van der Waals surface area contributed by atoms with Gasteiger partial charge in [0.25, 0.3) is 0 Å². The third-order valence-electron chi connectivity index (χ3n) is 4.78. The minimum atomic E-state index is -0.873. The zero-order chi connectivity index (χ0) is 17.8. The van der Waals surface area contributed by atoms with Crippen LogP contribution in [0.1, 0.15) is 65.8 Å². The van der Waals surface area contributed by atoms with Crippen LogP contribution in [0.5, 0.6) is 0 Å². The van der Waals surface area contributed by atoms with Crippen LogP contribution in [0.4, 0.5) is 0 Å². The summed E-state index contributed by atoms with van der Waals surface area (Å²) < 4.78 is 0. The molecule has 5 nitrogen and oxygen atoms in total. The minimum absolute atomic E-state index is 0.346. The van der Waals surface area contributed by atoms with Gasteiger partial charge in [-0.05, 0) is 43.0 Å². The Kier molecular flexibility index (Phi) is 5.43. The van der Waals surface area contributed by atoms with Crippen LogP contribution in [-0.4, -0.2) is 39.0 Å². The number of nitrogens with zero attached hydrogens (tertiary/aromatic N) is 3. The lowest BCUT2D eigenvalue weighted by Crippen LogP contribution is -2.34. The maximum Gasteiger partial charge on any atom is 0.335 e. The quantitative estimate of drug-likeness (QED) is 0.900. The van der Waals surface area contributed by atoms with Gasteiger partial charge in [-0.25, -0.2) is 14.8 Å². The van der Waals surface area contributed by atoms with Gasteiger partial charge in [-0.1, -0.05) is 26.0 Å². The van der Waals surface area contributed by atoms with Gasteiger partial charge in [0, 0.05) is 37.0 Å². The summed E-state index contributed by atoms with van der Waals surface area (Å²) >= 11 is 0. The number of aromatic carboxylic acids is 1. The topological polar surface area (TPSA) is 66.3 Å². The first-order valence-corrected chi connectivity index (χ1v) is 8.89. The molecular formula is C20H25N3O2. The fourth-order valence-electron chi connectivity index (χ4n) is 3.37. The molecule has 0 amide bonds. The molecule has 1 aromatic heterocycles. The fraction of sp³-hybridized carbons (Fsp3) is 0.450. The van der Waals surface area contributed by atoms with Crippen molar-refractivity contribution in [2.24, 2.45) is 0 Å². The van der Waals surface area contributed by atoms with E-state index in [1.807, 2.05) is 24.5 Å². The number of carboxylic acid groups (broad SMARTS) is 1. The van der Waals surface area contributed by atoms with Crippen LogP contribution in [0.2, 0.25) is 0 Å². The van der Waals surface area contributed by atoms with E-state index in [4.69, 9.17) is 5.11 Å². The molecule has 0 aliphatic carbocycles. The van der Waals surface area contributed by atoms with Gasteiger partial charge in [0.1, 0.15) is 5.82 Å². The van der Waals surface area contributed by atoms with Crippen LogP contribution >= 0.6 is 0 Å². The molecule has 0 radical (unpaired) electrons. The number of aromatic nitrogens is 2. The van der Waals surface area contributed by atoms with Crippen molar-refractivity contribution < 1.29 is 9.90 Å². The number of hydrogen-bond acceptors (Lipinski definition) is 4. The van der Waals surface area contributed by atoms with Crippen LogP contribution in [-0.2, 0) is 6.54 Å². The highest BCUT2D eigenvalue weighted by atomic mass is 16.4. The molecule has 0 saturated carbocycles. The molecular weight excluding hydrogens is 314 g/mol. The summed E-state index contributed by atoms with van der Waals surface area (Å²) in [5, 5.41) is 9.03. The van der Waals surface area contributed by atoms with Gasteiger partial charge >= 0.3 is 5.97 Å². The number of piperidine rings is 1. The van der Waals surface area contributed by atoms with Crippen molar-refractivity contribution in [2.45, 2.75) is 45.1 Å². The molecule has 1 aromatic carbocycles. The van der Waals surface area contributed by atoms with Crippen molar-refractivity contribution in [1.82, 2.24) is 14.9 Å². The lowest BCUT2D eigenvalue weighted by molar-refractivity contribution is 0.0697. The first-order valence-electron chi connectivity index (χ1n) is 8.89. The van der Waals surface area contributed by atoms with Crippen LogP contribution in [0.15, 0.2) is 36.7 Å². The molecule has 1 aliphatic rings. The van der Waals surface area contributed by atoms with Crippen molar-refractivity contribution in [3.8, 4) is 0 Å². The summed E-state index contributed by atoms with van der Waals surface area (Å²) in [5.74, 6) is 0.815. The largest absolute Gasteiger partial charge is 0.478 e. The van der Waals surface area contributed by atoms with Crippen molar-refractivity contribution >= 4 is 5.97 Å². The van der Waals surface area contributed by atoms with Gasteiger partial charge in [0.15, 0.2) is 0 Å². The normalized spacial score (nSPS) is 18.4. The number of rotatable bonds is 5. The first kappa shape index (κ1) is 17.5. The number of likely N-dealkylation sites (tertiary alicyclic amines) is 1. The Balaban J connectivity index is 1.63. The van der Waals surface area contributed by atoms with Gasteiger partial charge in [0.05, 0.1) is 5.56 Å². The van der Waals surface area contributed by atoms with E-state index in [0.717, 1.165) is 43.9 Å². The lowest BCUT2D eigenvalue weighted by Gasteiger charge is -2.33. The Bertz CT molecular complexity index is 711. The monoisotopic (exact) mass is 339 g/mol. The average molecular weight is 339 g/mol. The second-order valence-corrected chi connectivity index (χ2v) is 7.11. The summed E-state index contributed by atoms with van der Waals surface area (Å²) in [5.41, 5.74) is 2.71. The lowest BCUT2D eigenvalue weighted by atomic mass is 9.90. The molecule has 25 heavy (non-hydrogen) atoms. The Morgan fingerprint density at radius 3 is 2.52 bits per heavy atom. The van der Waals surface area contributed by atoms with E-state index in [1.165, 1.54) is 5.56 Å². The van der Waals surface area contributed by atoms with Gasteiger partial charge in [0.2, 0.25) is 0 Å². The van der Waals surface area contributed by atoms with Crippen molar-refractivity contribution in [1.29, 1.82) is 0 Å². The van der Waals surface area contributed by atoms with E-state index in [2.05, 4.69) is 28.7 Å². The van der Waals surface area contributed by atoms with Gasteiger partial charge in [-0.15, -0.1) is 0 Å². The molecule has 1 atom stereocenters. The van der Waals surface area contributed by atoms with Gasteiger partial charge in [-0.2, -0.15) is 0 Å². The SMILES string of the molecule is CC(C)c1ncc(CN2CCC[C@@H](c3ccc(C(=O)O)cc3)C2)cn1. The minimum Gasteiger partial charge on any atom is -0.478 e. The third kappa shape index (κ3) is 4.42. The molecule has 132 valence electrons. The van der Waals surface area contributed by atoms with Crippen LogP contribution in [0, 0.1) is 0 Å². The number of hydrogen-bond donors (Lipinski definition) is 1. The number of benzene rings is 1. The highest BCUT2D eigenvalue weighted by Gasteiger charge is 2.22. The predicted octanol–water partition coefficient (Wildman–Crippen LogP) is 3.68. The molecule has 1 fully saturated rings. The summed E-state index contributed by atoms with van der Waals surface area (Å²) in [6.45, 7) is 7.12. The Morgan fingerprint density at radius 1 is 1.24 bits per heavy atom. The van der Waals surface area contributed by atoms with Crippen LogP contribution in [0.3, 0.4) is 0 Å². The molecule has 3 rings (SSSR count). The smallest absolute Gasteiger partial charge is 0.335 e. The maximum absolute atomic E-state index is 11.0. The maximum atomic E-state index is 11.0. The van der Waals surface area contributed by atoms with E-state index in [0.29, 0.717) is 17.4 Å². The molecule has 0 unspecified atom stereocenters. The average Bonchev–Trinajstić information content (AvgIpc) is 2.62. The van der Waals surface area contributed by atoms with E-state index in [1.54, 1.807) is 12.1 Å². The van der Waals surface area contributed by atoms with Gasteiger partial charge < -0.3 is 5.11 Å². The first-order chi connectivity index (χ1) is 12.0. The Morgan fingerprint density at radius 2 is 1.92 bits per heavy atom. The molecule has 1 aliphatic heterocycles. The fourth-order valence-corrected chi connectivity index (χ4v) is 3.37. The Hall–Kier alpha value is -2.27. The molecule has 2 heterocycles. The summed E-state index contributed by atoms with van der Waals surface area (Å²) in [6, 6.07) is 7.32. The zero-order valence-corrected chi connectivity index (χ0v) is 14.9. The van der Waals surface area contributed by atoms with E-state index in [-0.39, 0.29) is 0 Å². The van der Waals surface area contributed by atoms with Crippen LogP contribution in [0.25, 0.3) is 0 Å². The molecule has 2 aromatic rings. The van der Waals surface area contributed by atoms with Gasteiger partial charge in [-0.3, -0.25) is 4.90 Å². The second kappa shape index (κ2) is 7.74. The Labute approximate surface area is 148 Å². The molecule has 1 N–H and O–H groups in total. The van der Waals surface area contributed by atoms with Crippen molar-refractivity contribution in [2.75, 3.05) is 13.1 Å². The van der Waals surface area contributed by atoms with E-state index in [9.17, 15) is 4.79 Å². The van der Waals surface area contributed by atoms with E-state index >= 15 is 0 Å². The van der Waals surface area contributed by atoms with Crippen molar-refractivity contribution in [3.63, 3.8) is 0 Å². The number of carboxylic acids is 1. The molecule has 5 heteroatoms. The summed E-state index contributed by atoms with van der Waals surface area (Å²) in [6.07, 6.45) is 6.17. The second-order valence-electron chi connectivity index (χ2n) is 7.11. The summed E-state index contributed by atoms with van der Waals surface area (Å²) in [4.78, 5) is 22.3. The summed E-state index contributed by atoms with van der Waals surface area (Å²) in [7, 11) is 0. The molecule has 0 spiro atoms. The third-order valence-corrected chi connectivity index (χ3v) is 4.78. The van der Waals surface area contributed by atoms with E-state index < -0.39 is 5.97 Å².